The van der Waals surface area contributed by atoms with Crippen molar-refractivity contribution in [3.63, 3.8) is 0 Å². The van der Waals surface area contributed by atoms with Gasteiger partial charge in [-0.3, -0.25) is 4.79 Å². The van der Waals surface area contributed by atoms with Gasteiger partial charge in [0.2, 0.25) is 0 Å². The minimum atomic E-state index is -4.56. The maximum Gasteiger partial charge on any atom is 0.446 e. The van der Waals surface area contributed by atoms with Gasteiger partial charge in [-0.25, -0.2) is 8.42 Å². The van der Waals surface area contributed by atoms with Gasteiger partial charge in [0.1, 0.15) is 0 Å². The third kappa shape index (κ3) is 4.30. The van der Waals surface area contributed by atoms with Crippen LogP contribution in [0.25, 0.3) is 0 Å². The Morgan fingerprint density at radius 1 is 1.18 bits per heavy atom. The molecule has 3 aliphatic rings. The number of hydrogen-bond donors (Lipinski definition) is 1. The van der Waals surface area contributed by atoms with Crippen molar-refractivity contribution in [3.8, 4) is 6.07 Å². The summed E-state index contributed by atoms with van der Waals surface area (Å²) in [4.78, 5) is 12.1. The van der Waals surface area contributed by atoms with Crippen LogP contribution in [0.1, 0.15) is 48.9 Å². The van der Waals surface area contributed by atoms with Crippen LogP contribution in [0.3, 0.4) is 0 Å². The molecule has 0 aromatic heterocycles. The van der Waals surface area contributed by atoms with E-state index < -0.39 is 43.4 Å². The van der Waals surface area contributed by atoms with E-state index >= 15 is 0 Å². The molecule has 3 aliphatic carbocycles. The Morgan fingerprint density at radius 3 is 2.21 bits per heavy atom. The first-order valence-corrected chi connectivity index (χ1v) is 11.4. The molecule has 4 rings (SSSR count). The lowest BCUT2D eigenvalue weighted by Gasteiger charge is -2.50. The molecule has 0 unspecified atom stereocenters. The molecule has 1 N–H and O–H groups in total. The summed E-state index contributed by atoms with van der Waals surface area (Å²) in [5.41, 5.74) is -5.55. The Morgan fingerprint density at radius 2 is 1.75 bits per heavy atom. The zero-order chi connectivity index (χ0) is 20.8. The quantitative estimate of drug-likeness (QED) is 0.726. The number of thioether (sulfide) groups is 1. The van der Waals surface area contributed by atoms with Crippen LogP contribution in [-0.2, 0) is 9.84 Å². The van der Waals surface area contributed by atoms with Gasteiger partial charge in [0.05, 0.1) is 21.9 Å². The van der Waals surface area contributed by atoms with Gasteiger partial charge in [-0.2, -0.15) is 18.4 Å². The van der Waals surface area contributed by atoms with E-state index in [1.54, 1.807) is 0 Å². The molecule has 10 heteroatoms. The normalized spacial score (nSPS) is 27.2. The topological polar surface area (TPSA) is 87.0 Å². The molecule has 0 atom stereocenters. The number of carbonyl (C=O) groups excluding carboxylic acids is 1. The Bertz CT molecular complexity index is 927. The van der Waals surface area contributed by atoms with Crippen LogP contribution in [0, 0.1) is 16.7 Å². The van der Waals surface area contributed by atoms with Crippen molar-refractivity contribution >= 4 is 27.5 Å². The first-order chi connectivity index (χ1) is 12.9. The molecule has 1 aromatic carbocycles. The number of nitrogens with one attached hydrogen (secondary N) is 1. The highest BCUT2D eigenvalue weighted by Crippen LogP contribution is 2.52. The number of hydrogen-bond acceptors (Lipinski definition) is 5. The number of fused-ring (bicyclic) bond motifs is 3. The number of rotatable bonds is 4. The van der Waals surface area contributed by atoms with Crippen molar-refractivity contribution < 1.29 is 26.4 Å². The van der Waals surface area contributed by atoms with Crippen LogP contribution in [0.2, 0.25) is 0 Å². The van der Waals surface area contributed by atoms with Crippen LogP contribution in [0.15, 0.2) is 28.0 Å². The van der Waals surface area contributed by atoms with Gasteiger partial charge in [-0.1, -0.05) is 0 Å². The maximum atomic E-state index is 12.8. The second-order valence-electron chi connectivity index (χ2n) is 7.60. The van der Waals surface area contributed by atoms with E-state index in [0.29, 0.717) is 38.5 Å². The summed E-state index contributed by atoms with van der Waals surface area (Å²) >= 11 is -0.428. The highest BCUT2D eigenvalue weighted by molar-refractivity contribution is 8.00. The molecule has 1 amide bonds. The molecule has 5 nitrogen and oxygen atoms in total. The lowest BCUT2D eigenvalue weighted by molar-refractivity contribution is -0.0328. The van der Waals surface area contributed by atoms with Crippen LogP contribution in [0.5, 0.6) is 0 Å². The molecular weight excluding hydrogens is 413 g/mol. The zero-order valence-corrected chi connectivity index (χ0v) is 16.7. The number of amides is 1. The van der Waals surface area contributed by atoms with Crippen molar-refractivity contribution in [1.29, 1.82) is 5.26 Å². The number of nitriles is 1. The van der Waals surface area contributed by atoms with E-state index in [-0.39, 0.29) is 15.9 Å². The van der Waals surface area contributed by atoms with Crippen molar-refractivity contribution in [3.05, 3.63) is 23.8 Å². The first kappa shape index (κ1) is 21.0. The van der Waals surface area contributed by atoms with Crippen LogP contribution < -0.4 is 5.32 Å². The number of carbonyl (C=O) groups is 1. The van der Waals surface area contributed by atoms with Crippen LogP contribution in [-0.4, -0.2) is 31.6 Å². The van der Waals surface area contributed by atoms with E-state index in [1.807, 2.05) is 0 Å². The Kier molecular flexibility index (Phi) is 5.21. The van der Waals surface area contributed by atoms with Gasteiger partial charge in [0, 0.05) is 16.7 Å². The largest absolute Gasteiger partial charge is 0.446 e. The molecule has 0 saturated heterocycles. The maximum absolute atomic E-state index is 12.8. The van der Waals surface area contributed by atoms with Gasteiger partial charge in [0.25, 0.3) is 5.91 Å². The number of nitrogens with zero attached hydrogens (tertiary/aromatic N) is 1. The molecule has 0 radical (unpaired) electrons. The first-order valence-electron chi connectivity index (χ1n) is 8.71. The van der Waals surface area contributed by atoms with Crippen molar-refractivity contribution in [1.82, 2.24) is 5.32 Å². The van der Waals surface area contributed by atoms with E-state index in [4.69, 9.17) is 0 Å². The van der Waals surface area contributed by atoms with Crippen LogP contribution >= 0.6 is 11.8 Å². The van der Waals surface area contributed by atoms with Gasteiger partial charge < -0.3 is 5.32 Å². The number of alkyl halides is 3. The highest BCUT2D eigenvalue weighted by atomic mass is 32.2. The monoisotopic (exact) mass is 432 g/mol. The molecular formula is C18H19F3N2O3S2. The molecule has 3 fully saturated rings. The summed E-state index contributed by atoms with van der Waals surface area (Å²) in [7, 11) is -3.91. The summed E-state index contributed by atoms with van der Waals surface area (Å²) in [6.45, 7) is 0. The molecule has 0 spiro atoms. The van der Waals surface area contributed by atoms with Crippen molar-refractivity contribution in [2.75, 3.05) is 6.26 Å². The fourth-order valence-corrected chi connectivity index (χ4v) is 5.60. The lowest BCUT2D eigenvalue weighted by Crippen LogP contribution is -2.56. The molecule has 152 valence electrons. The molecule has 2 bridgehead atoms. The van der Waals surface area contributed by atoms with Gasteiger partial charge >= 0.3 is 5.51 Å². The smallest absolute Gasteiger partial charge is 0.347 e. The molecule has 0 aliphatic heterocycles. The fourth-order valence-electron chi connectivity index (χ4n) is 4.04. The highest BCUT2D eigenvalue weighted by Gasteiger charge is 2.49. The third-order valence-corrected chi connectivity index (χ3v) is 7.55. The molecule has 0 heterocycles. The molecule has 28 heavy (non-hydrogen) atoms. The summed E-state index contributed by atoms with van der Waals surface area (Å²) in [5, 5.41) is 12.3. The van der Waals surface area contributed by atoms with Gasteiger partial charge in [0.15, 0.2) is 9.84 Å². The minimum absolute atomic E-state index is 0.161. The average Bonchev–Trinajstić information content (AvgIpc) is 2.61. The van der Waals surface area contributed by atoms with Gasteiger partial charge in [-0.15, -0.1) is 0 Å². The lowest BCUT2D eigenvalue weighted by atomic mass is 9.58. The predicted octanol–water partition coefficient (Wildman–Crippen LogP) is 4.05. The third-order valence-electron chi connectivity index (χ3n) is 5.69. The molecule has 1 aromatic rings. The number of benzene rings is 1. The predicted molar refractivity (Wildman–Crippen MR) is 97.4 cm³/mol. The van der Waals surface area contributed by atoms with E-state index in [9.17, 15) is 31.6 Å². The summed E-state index contributed by atoms with van der Waals surface area (Å²) in [6.07, 6.45) is 4.76. The second kappa shape index (κ2) is 6.95. The van der Waals surface area contributed by atoms with E-state index in [2.05, 4.69) is 11.4 Å². The zero-order valence-electron chi connectivity index (χ0n) is 15.1. The SMILES string of the molecule is CS(=O)(=O)c1cc(SC(F)(F)F)ccc1C(=O)NC12CCC(C#N)(CC1)CC2. The Hall–Kier alpha value is -1.73. The Balaban J connectivity index is 1.87. The second-order valence-corrected chi connectivity index (χ2v) is 10.7. The average molecular weight is 432 g/mol. The Labute approximate surface area is 165 Å². The van der Waals surface area contributed by atoms with Crippen molar-refractivity contribution in [2.24, 2.45) is 5.41 Å². The number of halogens is 3. The van der Waals surface area contributed by atoms with Crippen LogP contribution in [0.4, 0.5) is 13.2 Å². The summed E-state index contributed by atoms with van der Waals surface area (Å²) < 4.78 is 62.0. The fraction of sp³-hybridized carbons (Fsp3) is 0.556. The standard InChI is InChI=1S/C18H19F3N2O3S2/c1-28(25,26)14-10-12(27-18(19,20)21)2-3-13(14)15(24)23-17-7-4-16(11-22,5-8-17)6-9-17/h2-3,10H,4-9H2,1H3,(H,23,24). The summed E-state index contributed by atoms with van der Waals surface area (Å²) in [6, 6.07) is 5.49. The minimum Gasteiger partial charge on any atom is -0.347 e. The van der Waals surface area contributed by atoms with E-state index in [1.165, 1.54) is 0 Å². The van der Waals surface area contributed by atoms with Crippen molar-refractivity contribution in [2.45, 2.75) is 59.4 Å². The van der Waals surface area contributed by atoms with E-state index in [0.717, 1.165) is 24.5 Å². The summed E-state index contributed by atoms with van der Waals surface area (Å²) in [5.74, 6) is -0.615. The molecule has 3 saturated carbocycles. The number of sulfone groups is 1. The van der Waals surface area contributed by atoms with Gasteiger partial charge in [-0.05, 0) is 68.5 Å².